The summed E-state index contributed by atoms with van der Waals surface area (Å²) in [7, 11) is 0. The minimum atomic E-state index is -0.955. The Bertz CT molecular complexity index is 1150. The molecule has 0 aliphatic heterocycles. The fraction of sp³-hybridized carbons (Fsp3) is 0.350. The van der Waals surface area contributed by atoms with Crippen LogP contribution in [0.3, 0.4) is 0 Å². The van der Waals surface area contributed by atoms with Gasteiger partial charge in [-0.2, -0.15) is 0 Å². The Balaban J connectivity index is 1.38. The Labute approximate surface area is 195 Å². The van der Waals surface area contributed by atoms with Crippen molar-refractivity contribution in [3.63, 3.8) is 0 Å². The molecule has 0 bridgehead atoms. The maximum absolute atomic E-state index is 13.5. The van der Waals surface area contributed by atoms with Gasteiger partial charge in [0.15, 0.2) is 21.1 Å². The molecule has 1 unspecified atom stereocenters. The maximum Gasteiger partial charge on any atom is 0.239 e. The Morgan fingerprint density at radius 3 is 2.75 bits per heavy atom. The number of hydrogen-bond donors (Lipinski definition) is 1. The number of carbonyl (C=O) groups is 2. The first-order valence-corrected chi connectivity index (χ1v) is 12.5. The smallest absolute Gasteiger partial charge is 0.239 e. The zero-order valence-electron chi connectivity index (χ0n) is 17.2. The van der Waals surface area contributed by atoms with E-state index < -0.39 is 16.9 Å². The van der Waals surface area contributed by atoms with Gasteiger partial charge in [-0.25, -0.2) is 13.8 Å². The van der Waals surface area contributed by atoms with Gasteiger partial charge in [-0.15, -0.1) is 21.5 Å². The van der Waals surface area contributed by atoms with Crippen LogP contribution < -0.4 is 10.2 Å². The molecule has 1 saturated carbocycles. The van der Waals surface area contributed by atoms with E-state index in [1.54, 1.807) is 17.2 Å². The van der Waals surface area contributed by atoms with Crippen LogP contribution in [0.1, 0.15) is 33.1 Å². The minimum Gasteiger partial charge on any atom is -0.301 e. The van der Waals surface area contributed by atoms with E-state index in [4.69, 9.17) is 0 Å². The third-order valence-corrected chi connectivity index (χ3v) is 7.55. The number of hydrogen-bond acceptors (Lipinski definition) is 8. The van der Waals surface area contributed by atoms with E-state index in [9.17, 15) is 18.4 Å². The minimum absolute atomic E-state index is 0.0200. The van der Waals surface area contributed by atoms with Crippen molar-refractivity contribution < 1.29 is 18.4 Å². The van der Waals surface area contributed by atoms with Crippen LogP contribution in [0.4, 0.5) is 19.0 Å². The van der Waals surface area contributed by atoms with Crippen LogP contribution >= 0.6 is 34.4 Å². The molecular formula is C20H19F2N5O2S3. The summed E-state index contributed by atoms with van der Waals surface area (Å²) in [6.45, 7) is 3.55. The lowest BCUT2D eigenvalue weighted by atomic mass is 10.2. The van der Waals surface area contributed by atoms with Crippen molar-refractivity contribution in [1.29, 1.82) is 0 Å². The second kappa shape index (κ2) is 9.59. The summed E-state index contributed by atoms with van der Waals surface area (Å²) >= 11 is 3.74. The summed E-state index contributed by atoms with van der Waals surface area (Å²) in [5, 5.41) is 13.1. The van der Waals surface area contributed by atoms with Crippen molar-refractivity contribution in [2.75, 3.05) is 10.2 Å². The summed E-state index contributed by atoms with van der Waals surface area (Å²) < 4.78 is 27.2. The lowest BCUT2D eigenvalue weighted by Crippen LogP contribution is -2.32. The number of benzene rings is 1. The molecule has 2 aromatic heterocycles. The molecule has 3 aromatic rings. The van der Waals surface area contributed by atoms with Gasteiger partial charge in [0.1, 0.15) is 0 Å². The molecule has 0 spiro atoms. The van der Waals surface area contributed by atoms with E-state index >= 15 is 0 Å². The highest BCUT2D eigenvalue weighted by Gasteiger charge is 2.35. The van der Waals surface area contributed by atoms with E-state index in [0.29, 0.717) is 32.3 Å². The molecule has 4 rings (SSSR count). The number of halogens is 2. The number of anilines is 2. The molecule has 1 atom stereocenters. The molecule has 32 heavy (non-hydrogen) atoms. The second-order valence-corrected chi connectivity index (χ2v) is 10.5. The Kier molecular flexibility index (Phi) is 6.82. The molecule has 1 aromatic carbocycles. The monoisotopic (exact) mass is 495 g/mol. The van der Waals surface area contributed by atoms with Gasteiger partial charge in [0.05, 0.1) is 10.9 Å². The third-order valence-electron chi connectivity index (χ3n) is 4.68. The van der Waals surface area contributed by atoms with Gasteiger partial charge in [0.25, 0.3) is 0 Å². The number of amides is 2. The number of thiazole rings is 1. The zero-order valence-corrected chi connectivity index (χ0v) is 19.6. The van der Waals surface area contributed by atoms with Crippen molar-refractivity contribution in [3.05, 3.63) is 35.2 Å². The maximum atomic E-state index is 13.5. The molecule has 1 aliphatic carbocycles. The zero-order chi connectivity index (χ0) is 22.8. The molecule has 1 N–H and O–H groups in total. The molecule has 2 heterocycles. The highest BCUT2D eigenvalue weighted by Crippen LogP contribution is 2.37. The van der Waals surface area contributed by atoms with Crippen molar-refractivity contribution in [1.82, 2.24) is 15.2 Å². The van der Waals surface area contributed by atoms with Crippen LogP contribution in [-0.4, -0.2) is 38.3 Å². The molecular weight excluding hydrogens is 476 g/mol. The standard InChI is InChI=1S/C20H19F2N5O2S3/c1-3-16(28)27(12-5-6-12)19-25-26-20(32-19)31-10(2)17(29)24-18-23-15(9-30-18)11-4-7-13(21)14(22)8-11/h4,7-10,12H,3,5-6H2,1-2H3,(H,23,24,29). The van der Waals surface area contributed by atoms with Gasteiger partial charge >= 0.3 is 0 Å². The fourth-order valence-electron chi connectivity index (χ4n) is 2.85. The molecule has 168 valence electrons. The first-order valence-electron chi connectivity index (χ1n) is 9.89. The summed E-state index contributed by atoms with van der Waals surface area (Å²) in [6.07, 6.45) is 2.33. The molecule has 7 nitrogen and oxygen atoms in total. The van der Waals surface area contributed by atoms with Crippen molar-refractivity contribution in [3.8, 4) is 11.3 Å². The lowest BCUT2D eigenvalue weighted by Gasteiger charge is -2.17. The van der Waals surface area contributed by atoms with E-state index in [2.05, 4.69) is 20.5 Å². The van der Waals surface area contributed by atoms with Gasteiger partial charge in [0, 0.05) is 23.4 Å². The number of aromatic nitrogens is 3. The van der Waals surface area contributed by atoms with Crippen molar-refractivity contribution in [2.45, 2.75) is 48.7 Å². The number of nitrogens with one attached hydrogen (secondary N) is 1. The normalized spacial score (nSPS) is 14.2. The van der Waals surface area contributed by atoms with E-state index in [-0.39, 0.29) is 17.9 Å². The number of rotatable bonds is 8. The van der Waals surface area contributed by atoms with E-state index in [1.807, 2.05) is 6.92 Å². The van der Waals surface area contributed by atoms with Crippen LogP contribution in [0, 0.1) is 11.6 Å². The van der Waals surface area contributed by atoms with Gasteiger partial charge in [-0.3, -0.25) is 14.5 Å². The Morgan fingerprint density at radius 2 is 2.06 bits per heavy atom. The van der Waals surface area contributed by atoms with E-state index in [1.165, 1.54) is 40.5 Å². The Morgan fingerprint density at radius 1 is 1.28 bits per heavy atom. The molecule has 2 amide bonds. The average Bonchev–Trinajstić information content (AvgIpc) is 3.31. The molecule has 1 fully saturated rings. The summed E-state index contributed by atoms with van der Waals surface area (Å²) in [5.41, 5.74) is 0.866. The number of carbonyl (C=O) groups excluding carboxylic acids is 2. The number of thioether (sulfide) groups is 1. The first-order chi connectivity index (χ1) is 15.4. The summed E-state index contributed by atoms with van der Waals surface area (Å²) in [4.78, 5) is 30.8. The SMILES string of the molecule is CCC(=O)N(c1nnc(SC(C)C(=O)Nc2nc(-c3ccc(F)c(F)c3)cs2)s1)C1CC1. The predicted molar refractivity (Wildman–Crippen MR) is 122 cm³/mol. The predicted octanol–water partition coefficient (Wildman–Crippen LogP) is 4.96. The van der Waals surface area contributed by atoms with Gasteiger partial charge in [-0.05, 0) is 38.0 Å². The van der Waals surface area contributed by atoms with Crippen LogP contribution in [0.15, 0.2) is 27.9 Å². The van der Waals surface area contributed by atoms with Crippen LogP contribution in [0.25, 0.3) is 11.3 Å². The van der Waals surface area contributed by atoms with Gasteiger partial charge in [0.2, 0.25) is 16.9 Å². The van der Waals surface area contributed by atoms with Crippen LogP contribution in [0.5, 0.6) is 0 Å². The topological polar surface area (TPSA) is 88.1 Å². The lowest BCUT2D eigenvalue weighted by molar-refractivity contribution is -0.118. The molecule has 0 radical (unpaired) electrons. The molecule has 0 saturated heterocycles. The van der Waals surface area contributed by atoms with E-state index in [0.717, 1.165) is 25.0 Å². The second-order valence-electron chi connectivity index (χ2n) is 7.12. The summed E-state index contributed by atoms with van der Waals surface area (Å²) in [5.74, 6) is -2.14. The first kappa shape index (κ1) is 22.7. The van der Waals surface area contributed by atoms with Gasteiger partial charge in [-0.1, -0.05) is 30.0 Å². The molecule has 1 aliphatic rings. The highest BCUT2D eigenvalue weighted by atomic mass is 32.2. The highest BCUT2D eigenvalue weighted by molar-refractivity contribution is 8.02. The third kappa shape index (κ3) is 5.13. The largest absolute Gasteiger partial charge is 0.301 e. The average molecular weight is 496 g/mol. The van der Waals surface area contributed by atoms with Crippen molar-refractivity contribution in [2.24, 2.45) is 0 Å². The van der Waals surface area contributed by atoms with Crippen LogP contribution in [-0.2, 0) is 9.59 Å². The van der Waals surface area contributed by atoms with Crippen LogP contribution in [0.2, 0.25) is 0 Å². The van der Waals surface area contributed by atoms with Gasteiger partial charge < -0.3 is 5.32 Å². The molecule has 12 heteroatoms. The fourth-order valence-corrected chi connectivity index (χ4v) is 5.64. The Hall–Kier alpha value is -2.44. The van der Waals surface area contributed by atoms with Crippen molar-refractivity contribution >= 4 is 56.5 Å². The quantitative estimate of drug-likeness (QED) is 0.351. The number of nitrogens with zero attached hydrogens (tertiary/aromatic N) is 4. The summed E-state index contributed by atoms with van der Waals surface area (Å²) in [6, 6.07) is 3.73.